The molecule has 0 spiro atoms. The SMILES string of the molecule is CNCCN1CCC(c2cc(C)c3nc(-c4c(OC)cccc4OC)[nH]c3c2)CC1.Cl.Cl. The van der Waals surface area contributed by atoms with Crippen LogP contribution in [0.1, 0.15) is 29.9 Å². The van der Waals surface area contributed by atoms with Gasteiger partial charge in [0.25, 0.3) is 0 Å². The van der Waals surface area contributed by atoms with Crippen LogP contribution >= 0.6 is 24.8 Å². The number of imidazole rings is 1. The van der Waals surface area contributed by atoms with Gasteiger partial charge in [-0.05, 0) is 75.1 Å². The van der Waals surface area contributed by atoms with Crippen molar-refractivity contribution in [2.75, 3.05) is 47.4 Å². The predicted octanol–water partition coefficient (Wildman–Crippen LogP) is 4.80. The zero-order valence-corrected chi connectivity index (χ0v) is 20.9. The fourth-order valence-electron chi connectivity index (χ4n) is 4.52. The molecule has 0 saturated carbocycles. The number of ether oxygens (including phenoxy) is 2. The Morgan fingerprint density at radius 2 is 1.75 bits per heavy atom. The van der Waals surface area contributed by atoms with Crippen LogP contribution in [0.4, 0.5) is 0 Å². The molecular formula is C24H34Cl2N4O2. The van der Waals surface area contributed by atoms with E-state index in [-0.39, 0.29) is 24.8 Å². The first-order valence-electron chi connectivity index (χ1n) is 10.7. The van der Waals surface area contributed by atoms with Gasteiger partial charge in [-0.1, -0.05) is 12.1 Å². The summed E-state index contributed by atoms with van der Waals surface area (Å²) in [6, 6.07) is 10.4. The van der Waals surface area contributed by atoms with Crippen molar-refractivity contribution in [3.05, 3.63) is 41.5 Å². The Labute approximate surface area is 202 Å². The van der Waals surface area contributed by atoms with Crippen LogP contribution in [-0.2, 0) is 0 Å². The Hall–Kier alpha value is -1.99. The summed E-state index contributed by atoms with van der Waals surface area (Å²) in [5.41, 5.74) is 5.56. The molecule has 4 rings (SSSR count). The van der Waals surface area contributed by atoms with E-state index in [0.29, 0.717) is 5.92 Å². The summed E-state index contributed by atoms with van der Waals surface area (Å²) >= 11 is 0. The summed E-state index contributed by atoms with van der Waals surface area (Å²) < 4.78 is 11.2. The van der Waals surface area contributed by atoms with Crippen molar-refractivity contribution in [3.63, 3.8) is 0 Å². The van der Waals surface area contributed by atoms with Gasteiger partial charge in [-0.15, -0.1) is 24.8 Å². The highest BCUT2D eigenvalue weighted by Gasteiger charge is 2.22. The van der Waals surface area contributed by atoms with Crippen LogP contribution in [0.2, 0.25) is 0 Å². The molecule has 176 valence electrons. The number of hydrogen-bond acceptors (Lipinski definition) is 5. The van der Waals surface area contributed by atoms with E-state index in [4.69, 9.17) is 14.5 Å². The molecule has 2 N–H and O–H groups in total. The number of fused-ring (bicyclic) bond motifs is 1. The number of nitrogens with one attached hydrogen (secondary N) is 2. The molecule has 0 radical (unpaired) electrons. The third-order valence-electron chi connectivity index (χ3n) is 6.20. The van der Waals surface area contributed by atoms with Crippen molar-refractivity contribution < 1.29 is 9.47 Å². The lowest BCUT2D eigenvalue weighted by molar-refractivity contribution is 0.214. The fraction of sp³-hybridized carbons (Fsp3) is 0.458. The number of likely N-dealkylation sites (N-methyl/N-ethyl adjacent to an activating group) is 1. The summed E-state index contributed by atoms with van der Waals surface area (Å²) in [6.07, 6.45) is 2.41. The maximum atomic E-state index is 5.58. The minimum absolute atomic E-state index is 0. The van der Waals surface area contributed by atoms with Gasteiger partial charge in [0.2, 0.25) is 0 Å². The van der Waals surface area contributed by atoms with E-state index < -0.39 is 0 Å². The second kappa shape index (κ2) is 11.8. The van der Waals surface area contributed by atoms with Crippen molar-refractivity contribution in [1.82, 2.24) is 20.2 Å². The van der Waals surface area contributed by atoms with Gasteiger partial charge in [0, 0.05) is 13.1 Å². The molecule has 0 aliphatic carbocycles. The van der Waals surface area contributed by atoms with Crippen molar-refractivity contribution in [1.29, 1.82) is 0 Å². The molecule has 32 heavy (non-hydrogen) atoms. The van der Waals surface area contributed by atoms with Gasteiger partial charge in [-0.2, -0.15) is 0 Å². The molecule has 1 aliphatic rings. The fourth-order valence-corrected chi connectivity index (χ4v) is 4.52. The Balaban J connectivity index is 0.00000181. The summed E-state index contributed by atoms with van der Waals surface area (Å²) in [5.74, 6) is 2.88. The minimum Gasteiger partial charge on any atom is -0.496 e. The van der Waals surface area contributed by atoms with E-state index in [1.54, 1.807) is 14.2 Å². The average Bonchev–Trinajstić information content (AvgIpc) is 3.21. The number of rotatable bonds is 7. The van der Waals surface area contributed by atoms with Gasteiger partial charge < -0.3 is 24.7 Å². The van der Waals surface area contributed by atoms with E-state index in [9.17, 15) is 0 Å². The molecular weight excluding hydrogens is 447 g/mol. The monoisotopic (exact) mass is 480 g/mol. The van der Waals surface area contributed by atoms with Crippen LogP contribution in [0.25, 0.3) is 22.4 Å². The molecule has 0 atom stereocenters. The third-order valence-corrected chi connectivity index (χ3v) is 6.20. The van der Waals surface area contributed by atoms with Gasteiger partial charge in [-0.25, -0.2) is 4.98 Å². The zero-order chi connectivity index (χ0) is 21.1. The molecule has 8 heteroatoms. The molecule has 1 aromatic heterocycles. The lowest BCUT2D eigenvalue weighted by atomic mass is 9.88. The first kappa shape index (κ1) is 26.3. The first-order chi connectivity index (χ1) is 14.6. The van der Waals surface area contributed by atoms with Gasteiger partial charge in [0.1, 0.15) is 22.9 Å². The molecule has 0 bridgehead atoms. The van der Waals surface area contributed by atoms with Crippen LogP contribution in [-0.4, -0.2) is 62.3 Å². The van der Waals surface area contributed by atoms with Gasteiger partial charge in [0.15, 0.2) is 0 Å². The molecule has 1 saturated heterocycles. The number of aromatic nitrogens is 2. The number of aryl methyl sites for hydroxylation is 1. The molecule has 0 amide bonds. The Morgan fingerprint density at radius 1 is 1.09 bits per heavy atom. The van der Waals surface area contributed by atoms with Crippen LogP contribution in [0.3, 0.4) is 0 Å². The Bertz CT molecular complexity index is 994. The van der Waals surface area contributed by atoms with Crippen molar-refractivity contribution in [2.24, 2.45) is 0 Å². The van der Waals surface area contributed by atoms with Crippen molar-refractivity contribution in [2.45, 2.75) is 25.7 Å². The summed E-state index contributed by atoms with van der Waals surface area (Å²) in [6.45, 7) is 6.66. The zero-order valence-electron chi connectivity index (χ0n) is 19.2. The number of likely N-dealkylation sites (tertiary alicyclic amines) is 1. The molecule has 6 nitrogen and oxygen atoms in total. The van der Waals surface area contributed by atoms with E-state index in [2.05, 4.69) is 34.3 Å². The Kier molecular flexibility index (Phi) is 9.64. The Morgan fingerprint density at radius 3 is 2.34 bits per heavy atom. The quantitative estimate of drug-likeness (QED) is 0.508. The summed E-state index contributed by atoms with van der Waals surface area (Å²) in [4.78, 5) is 11.0. The largest absolute Gasteiger partial charge is 0.496 e. The highest BCUT2D eigenvalue weighted by molar-refractivity contribution is 5.86. The molecule has 1 aliphatic heterocycles. The highest BCUT2D eigenvalue weighted by atomic mass is 35.5. The summed E-state index contributed by atoms with van der Waals surface area (Å²) in [5, 5.41) is 3.25. The number of H-pyrrole nitrogens is 1. The van der Waals surface area contributed by atoms with Crippen LogP contribution in [0, 0.1) is 6.92 Å². The summed E-state index contributed by atoms with van der Waals surface area (Å²) in [7, 11) is 5.37. The lowest BCUT2D eigenvalue weighted by Gasteiger charge is -2.32. The number of methoxy groups -OCH3 is 2. The van der Waals surface area contributed by atoms with Crippen molar-refractivity contribution >= 4 is 35.8 Å². The number of nitrogens with zero attached hydrogens (tertiary/aromatic N) is 2. The second-order valence-electron chi connectivity index (χ2n) is 8.08. The molecule has 2 aromatic carbocycles. The van der Waals surface area contributed by atoms with Gasteiger partial charge >= 0.3 is 0 Å². The molecule has 3 aromatic rings. The molecule has 2 heterocycles. The number of piperidine rings is 1. The van der Waals surface area contributed by atoms with Gasteiger partial charge in [-0.3, -0.25) is 0 Å². The maximum Gasteiger partial charge on any atom is 0.146 e. The number of benzene rings is 2. The number of aromatic amines is 1. The van der Waals surface area contributed by atoms with Crippen molar-refractivity contribution in [3.8, 4) is 22.9 Å². The maximum absolute atomic E-state index is 5.58. The van der Waals surface area contributed by atoms with E-state index in [1.165, 1.54) is 24.0 Å². The lowest BCUT2D eigenvalue weighted by Crippen LogP contribution is -2.37. The van der Waals surface area contributed by atoms with Crippen LogP contribution in [0.15, 0.2) is 30.3 Å². The van der Waals surface area contributed by atoms with E-state index >= 15 is 0 Å². The number of halogens is 2. The van der Waals surface area contributed by atoms with Gasteiger partial charge in [0.05, 0.1) is 25.3 Å². The third kappa shape index (κ3) is 5.31. The highest BCUT2D eigenvalue weighted by Crippen LogP contribution is 2.38. The first-order valence-corrected chi connectivity index (χ1v) is 10.7. The average molecular weight is 481 g/mol. The normalized spacial score (nSPS) is 14.6. The van der Waals surface area contributed by atoms with E-state index in [1.807, 2.05) is 25.2 Å². The minimum atomic E-state index is 0. The second-order valence-corrected chi connectivity index (χ2v) is 8.08. The molecule has 1 fully saturated rings. The topological polar surface area (TPSA) is 62.4 Å². The van der Waals surface area contributed by atoms with E-state index in [0.717, 1.165) is 60.1 Å². The predicted molar refractivity (Wildman–Crippen MR) is 136 cm³/mol. The van der Waals surface area contributed by atoms with Crippen LogP contribution in [0.5, 0.6) is 11.5 Å². The molecule has 0 unspecified atom stereocenters. The standard InChI is InChI=1S/C24H32N4O2.2ClH/c1-16-14-18(17-8-11-28(12-9-17)13-10-25-2)15-19-23(16)27-24(26-19)22-20(29-3)6-5-7-21(22)30-4;;/h5-7,14-15,17,25H,8-13H2,1-4H3,(H,26,27);2*1H. The smallest absolute Gasteiger partial charge is 0.146 e. The van der Waals surface area contributed by atoms with Crippen LogP contribution < -0.4 is 14.8 Å². The number of hydrogen-bond donors (Lipinski definition) is 2.